The smallest absolute Gasteiger partial charge is 0.239 e. The van der Waals surface area contributed by atoms with Crippen LogP contribution in [0.2, 0.25) is 0 Å². The molecule has 144 valence electrons. The Bertz CT molecular complexity index is 738. The summed E-state index contributed by atoms with van der Waals surface area (Å²) in [5, 5.41) is 0. The first-order valence-electron chi connectivity index (χ1n) is 9.56. The normalized spacial score (nSPS) is 17.9. The van der Waals surface area contributed by atoms with Crippen LogP contribution in [-0.2, 0) is 22.6 Å². The molecule has 0 aromatic heterocycles. The van der Waals surface area contributed by atoms with Crippen molar-refractivity contribution in [2.75, 3.05) is 13.2 Å². The minimum Gasteiger partial charge on any atom is -0.375 e. The molecule has 1 saturated heterocycles. The van der Waals surface area contributed by atoms with Crippen molar-refractivity contribution in [2.24, 2.45) is 5.73 Å². The van der Waals surface area contributed by atoms with Crippen LogP contribution in [0.25, 0.3) is 0 Å². The fraction of sp³-hybridized carbons (Fsp3) is 0.409. The highest BCUT2D eigenvalue weighted by atomic mass is 19.1. The van der Waals surface area contributed by atoms with Gasteiger partial charge < -0.3 is 15.4 Å². The molecule has 1 amide bonds. The van der Waals surface area contributed by atoms with Crippen molar-refractivity contribution < 1.29 is 13.9 Å². The summed E-state index contributed by atoms with van der Waals surface area (Å²) in [7, 11) is 0. The molecule has 0 radical (unpaired) electrons. The van der Waals surface area contributed by atoms with Crippen LogP contribution in [0, 0.1) is 5.82 Å². The van der Waals surface area contributed by atoms with E-state index in [9.17, 15) is 9.18 Å². The number of amides is 1. The molecule has 0 saturated carbocycles. The molecule has 2 atom stereocenters. The van der Waals surface area contributed by atoms with Crippen molar-refractivity contribution in [3.63, 3.8) is 0 Å². The van der Waals surface area contributed by atoms with E-state index in [1.807, 2.05) is 35.2 Å². The number of carbonyl (C=O) groups excluding carboxylic acids is 1. The molecule has 1 heterocycles. The Morgan fingerprint density at radius 1 is 1.19 bits per heavy atom. The van der Waals surface area contributed by atoms with Gasteiger partial charge in [-0.3, -0.25) is 4.79 Å². The SMILES string of the molecule is N[C@H](CCc1ccccc1F)C(=O)N1CCC[C@H]1COCc1ccccc1. The van der Waals surface area contributed by atoms with Crippen molar-refractivity contribution in [3.8, 4) is 0 Å². The molecule has 2 aromatic rings. The quantitative estimate of drug-likeness (QED) is 0.776. The zero-order valence-electron chi connectivity index (χ0n) is 15.5. The maximum Gasteiger partial charge on any atom is 0.239 e. The van der Waals surface area contributed by atoms with Gasteiger partial charge in [0, 0.05) is 6.54 Å². The van der Waals surface area contributed by atoms with Gasteiger partial charge in [-0.05, 0) is 42.9 Å². The van der Waals surface area contributed by atoms with Crippen molar-refractivity contribution >= 4 is 5.91 Å². The molecule has 27 heavy (non-hydrogen) atoms. The van der Waals surface area contributed by atoms with Crippen LogP contribution in [0.4, 0.5) is 4.39 Å². The third-order valence-corrected chi connectivity index (χ3v) is 5.08. The van der Waals surface area contributed by atoms with Gasteiger partial charge in [-0.2, -0.15) is 0 Å². The predicted octanol–water partition coefficient (Wildman–Crippen LogP) is 3.29. The molecular formula is C22H27FN2O2. The van der Waals surface area contributed by atoms with E-state index >= 15 is 0 Å². The molecule has 4 nitrogen and oxygen atoms in total. The number of rotatable bonds is 8. The third-order valence-electron chi connectivity index (χ3n) is 5.08. The van der Waals surface area contributed by atoms with Crippen LogP contribution in [0.15, 0.2) is 54.6 Å². The second-order valence-corrected chi connectivity index (χ2v) is 7.06. The number of nitrogens with zero attached hydrogens (tertiary/aromatic N) is 1. The Morgan fingerprint density at radius 2 is 1.93 bits per heavy atom. The van der Waals surface area contributed by atoms with Crippen LogP contribution in [0.1, 0.15) is 30.4 Å². The molecule has 1 fully saturated rings. The Balaban J connectivity index is 1.48. The van der Waals surface area contributed by atoms with Crippen molar-refractivity contribution in [1.29, 1.82) is 0 Å². The van der Waals surface area contributed by atoms with Gasteiger partial charge in [-0.25, -0.2) is 4.39 Å². The second-order valence-electron chi connectivity index (χ2n) is 7.06. The van der Waals surface area contributed by atoms with Gasteiger partial charge >= 0.3 is 0 Å². The van der Waals surface area contributed by atoms with E-state index in [-0.39, 0.29) is 17.8 Å². The Kier molecular flexibility index (Phi) is 6.96. The summed E-state index contributed by atoms with van der Waals surface area (Å²) in [5.41, 5.74) is 7.84. The summed E-state index contributed by atoms with van der Waals surface area (Å²) < 4.78 is 19.6. The fourth-order valence-corrected chi connectivity index (χ4v) is 3.53. The fourth-order valence-electron chi connectivity index (χ4n) is 3.53. The largest absolute Gasteiger partial charge is 0.375 e. The van der Waals surface area contributed by atoms with E-state index in [0.29, 0.717) is 38.2 Å². The highest BCUT2D eigenvalue weighted by Gasteiger charge is 2.31. The van der Waals surface area contributed by atoms with Crippen molar-refractivity contribution in [3.05, 3.63) is 71.5 Å². The van der Waals surface area contributed by atoms with E-state index in [2.05, 4.69) is 0 Å². The molecule has 0 spiro atoms. The van der Waals surface area contributed by atoms with Gasteiger partial charge in [-0.15, -0.1) is 0 Å². The topological polar surface area (TPSA) is 55.6 Å². The van der Waals surface area contributed by atoms with Crippen LogP contribution >= 0.6 is 0 Å². The van der Waals surface area contributed by atoms with Gasteiger partial charge in [0.1, 0.15) is 5.82 Å². The van der Waals surface area contributed by atoms with E-state index < -0.39 is 6.04 Å². The molecular weight excluding hydrogens is 343 g/mol. The van der Waals surface area contributed by atoms with E-state index in [0.717, 1.165) is 18.4 Å². The number of benzene rings is 2. The molecule has 2 aromatic carbocycles. The lowest BCUT2D eigenvalue weighted by atomic mass is 10.0. The minimum absolute atomic E-state index is 0.0582. The maximum absolute atomic E-state index is 13.7. The van der Waals surface area contributed by atoms with Crippen LogP contribution in [-0.4, -0.2) is 36.0 Å². The summed E-state index contributed by atoms with van der Waals surface area (Å²) in [6, 6.07) is 16.1. The predicted molar refractivity (Wildman–Crippen MR) is 104 cm³/mol. The van der Waals surface area contributed by atoms with Crippen LogP contribution in [0.5, 0.6) is 0 Å². The summed E-state index contributed by atoms with van der Waals surface area (Å²) >= 11 is 0. The zero-order chi connectivity index (χ0) is 19.1. The Hall–Kier alpha value is -2.24. The van der Waals surface area contributed by atoms with E-state index in [1.165, 1.54) is 6.07 Å². The summed E-state index contributed by atoms with van der Waals surface area (Å²) in [6.45, 7) is 1.77. The van der Waals surface area contributed by atoms with Crippen LogP contribution < -0.4 is 5.73 Å². The number of ether oxygens (including phenoxy) is 1. The molecule has 1 aliphatic heterocycles. The summed E-state index contributed by atoms with van der Waals surface area (Å²) in [6.07, 6.45) is 2.79. The van der Waals surface area contributed by atoms with Gasteiger partial charge in [-0.1, -0.05) is 48.5 Å². The van der Waals surface area contributed by atoms with Gasteiger partial charge in [0.05, 0.1) is 25.3 Å². The number of hydrogen-bond acceptors (Lipinski definition) is 3. The standard InChI is InChI=1S/C22H27FN2O2/c23-20-11-5-4-9-18(20)12-13-21(24)22(26)25-14-6-10-19(25)16-27-15-17-7-2-1-3-8-17/h1-5,7-9,11,19,21H,6,10,12-16,24H2/t19-,21+/m0/s1. The molecule has 5 heteroatoms. The molecule has 0 unspecified atom stereocenters. The first kappa shape index (κ1) is 19.5. The number of halogens is 1. The third kappa shape index (κ3) is 5.37. The summed E-state index contributed by atoms with van der Waals surface area (Å²) in [4.78, 5) is 14.6. The lowest BCUT2D eigenvalue weighted by molar-refractivity contribution is -0.134. The molecule has 0 bridgehead atoms. The number of hydrogen-bond donors (Lipinski definition) is 1. The molecule has 1 aliphatic rings. The van der Waals surface area contributed by atoms with Gasteiger partial charge in [0.25, 0.3) is 0 Å². The average Bonchev–Trinajstić information content (AvgIpc) is 3.16. The lowest BCUT2D eigenvalue weighted by Gasteiger charge is -2.27. The first-order valence-corrected chi connectivity index (χ1v) is 9.56. The molecule has 2 N–H and O–H groups in total. The van der Waals surface area contributed by atoms with Gasteiger partial charge in [0.15, 0.2) is 0 Å². The van der Waals surface area contributed by atoms with E-state index in [1.54, 1.807) is 18.2 Å². The Morgan fingerprint density at radius 3 is 2.70 bits per heavy atom. The number of likely N-dealkylation sites (tertiary alicyclic amines) is 1. The number of aryl methyl sites for hydroxylation is 1. The lowest BCUT2D eigenvalue weighted by Crippen LogP contribution is -2.47. The molecule has 3 rings (SSSR count). The monoisotopic (exact) mass is 370 g/mol. The highest BCUT2D eigenvalue weighted by molar-refractivity contribution is 5.82. The number of carbonyl (C=O) groups is 1. The van der Waals surface area contributed by atoms with Crippen LogP contribution in [0.3, 0.4) is 0 Å². The van der Waals surface area contributed by atoms with E-state index in [4.69, 9.17) is 10.5 Å². The zero-order valence-corrected chi connectivity index (χ0v) is 15.5. The van der Waals surface area contributed by atoms with Crippen molar-refractivity contribution in [2.45, 2.75) is 44.4 Å². The van der Waals surface area contributed by atoms with Gasteiger partial charge in [0.2, 0.25) is 5.91 Å². The Labute approximate surface area is 160 Å². The highest BCUT2D eigenvalue weighted by Crippen LogP contribution is 2.20. The van der Waals surface area contributed by atoms with Crippen molar-refractivity contribution in [1.82, 2.24) is 4.90 Å². The maximum atomic E-state index is 13.7. The second kappa shape index (κ2) is 9.62. The average molecular weight is 370 g/mol. The summed E-state index contributed by atoms with van der Waals surface area (Å²) in [5.74, 6) is -0.303. The molecule has 0 aliphatic carbocycles. The first-order chi connectivity index (χ1) is 13.1. The number of nitrogens with two attached hydrogens (primary N) is 1. The minimum atomic E-state index is -0.612.